The Morgan fingerprint density at radius 3 is 2.54 bits per heavy atom. The third-order valence-electron chi connectivity index (χ3n) is 3.97. The molecule has 0 unspecified atom stereocenters. The van der Waals surface area contributed by atoms with Crippen LogP contribution in [-0.2, 0) is 0 Å². The Bertz CT molecular complexity index is 966. The first-order chi connectivity index (χ1) is 13.7. The first kappa shape index (κ1) is 17.8. The summed E-state index contributed by atoms with van der Waals surface area (Å²) >= 11 is 0. The minimum absolute atomic E-state index is 0.0557. The molecule has 28 heavy (non-hydrogen) atoms. The van der Waals surface area contributed by atoms with Gasteiger partial charge in [0.15, 0.2) is 23.1 Å². The highest BCUT2D eigenvalue weighted by atomic mass is 19.1. The molecule has 2 heterocycles. The van der Waals surface area contributed by atoms with Crippen molar-refractivity contribution in [2.45, 2.75) is 6.92 Å². The maximum absolute atomic E-state index is 14.2. The van der Waals surface area contributed by atoms with Crippen LogP contribution in [0.4, 0.5) is 27.5 Å². The van der Waals surface area contributed by atoms with Gasteiger partial charge in [-0.1, -0.05) is 0 Å². The summed E-state index contributed by atoms with van der Waals surface area (Å²) in [4.78, 5) is 8.21. The highest BCUT2D eigenvalue weighted by Gasteiger charge is 2.13. The summed E-state index contributed by atoms with van der Waals surface area (Å²) in [6, 6.07) is 12.6. The van der Waals surface area contributed by atoms with Crippen molar-refractivity contribution in [1.29, 1.82) is 0 Å². The molecule has 0 atom stereocenters. The quantitative estimate of drug-likeness (QED) is 0.659. The fourth-order valence-electron chi connectivity index (χ4n) is 2.70. The Morgan fingerprint density at radius 2 is 1.75 bits per heavy atom. The highest BCUT2D eigenvalue weighted by Crippen LogP contribution is 2.33. The zero-order chi connectivity index (χ0) is 19.3. The average molecular weight is 382 g/mol. The van der Waals surface area contributed by atoms with E-state index in [-0.39, 0.29) is 11.8 Å². The second-order valence-corrected chi connectivity index (χ2v) is 5.96. The zero-order valence-electron chi connectivity index (χ0n) is 15.2. The molecule has 1 aliphatic heterocycles. The molecule has 1 aliphatic rings. The van der Waals surface area contributed by atoms with Crippen LogP contribution in [0.25, 0.3) is 0 Å². The monoisotopic (exact) mass is 382 g/mol. The molecule has 0 amide bonds. The van der Waals surface area contributed by atoms with Crippen LogP contribution >= 0.6 is 0 Å². The van der Waals surface area contributed by atoms with E-state index in [4.69, 9.17) is 14.2 Å². The number of fused-ring (bicyclic) bond motifs is 1. The molecule has 0 bridgehead atoms. The largest absolute Gasteiger partial charge is 0.494 e. The number of nitrogens with one attached hydrogen (secondary N) is 2. The molecule has 1 aromatic heterocycles. The lowest BCUT2D eigenvalue weighted by molar-refractivity contribution is 0.171. The number of halogens is 1. The van der Waals surface area contributed by atoms with E-state index >= 15 is 0 Å². The van der Waals surface area contributed by atoms with Gasteiger partial charge in [-0.3, -0.25) is 0 Å². The molecule has 3 aromatic rings. The summed E-state index contributed by atoms with van der Waals surface area (Å²) in [6.45, 7) is 3.52. The molecular weight excluding hydrogens is 363 g/mol. The van der Waals surface area contributed by atoms with Gasteiger partial charge in [-0.2, -0.15) is 4.98 Å². The molecule has 0 spiro atoms. The lowest BCUT2D eigenvalue weighted by Crippen LogP contribution is -2.15. The number of aromatic nitrogens is 2. The van der Waals surface area contributed by atoms with Gasteiger partial charge in [0.2, 0.25) is 5.95 Å². The average Bonchev–Trinajstić information content (AvgIpc) is 2.72. The highest BCUT2D eigenvalue weighted by molar-refractivity contribution is 5.63. The Kier molecular flexibility index (Phi) is 5.09. The predicted octanol–water partition coefficient (Wildman–Crippen LogP) is 4.27. The second kappa shape index (κ2) is 7.99. The standard InChI is InChI=1S/C20H19FN4O3/c1-2-26-15-6-3-13(4-7-15)24-20-22-12-16(21)19(25-20)23-14-5-8-17-18(11-14)28-10-9-27-17/h3-8,11-12H,2,9-10H2,1H3,(H2,22,23,24,25). The topological polar surface area (TPSA) is 77.5 Å². The van der Waals surface area contributed by atoms with Gasteiger partial charge in [-0.25, -0.2) is 9.37 Å². The molecule has 0 saturated carbocycles. The first-order valence-corrected chi connectivity index (χ1v) is 8.90. The summed E-state index contributed by atoms with van der Waals surface area (Å²) in [7, 11) is 0. The Morgan fingerprint density at radius 1 is 1.00 bits per heavy atom. The Balaban J connectivity index is 1.50. The first-order valence-electron chi connectivity index (χ1n) is 8.90. The van der Waals surface area contributed by atoms with Crippen molar-refractivity contribution in [2.75, 3.05) is 30.5 Å². The van der Waals surface area contributed by atoms with Crippen LogP contribution in [-0.4, -0.2) is 29.8 Å². The normalized spacial score (nSPS) is 12.4. The fraction of sp³-hybridized carbons (Fsp3) is 0.200. The molecule has 2 aromatic carbocycles. The van der Waals surface area contributed by atoms with Crippen LogP contribution in [0.15, 0.2) is 48.7 Å². The van der Waals surface area contributed by atoms with Crippen molar-refractivity contribution in [1.82, 2.24) is 9.97 Å². The lowest BCUT2D eigenvalue weighted by atomic mass is 10.2. The van der Waals surface area contributed by atoms with Crippen molar-refractivity contribution < 1.29 is 18.6 Å². The second-order valence-electron chi connectivity index (χ2n) is 5.96. The Hall–Kier alpha value is -3.55. The van der Waals surface area contributed by atoms with Gasteiger partial charge in [0.1, 0.15) is 19.0 Å². The van der Waals surface area contributed by atoms with Crippen molar-refractivity contribution in [3.05, 3.63) is 54.5 Å². The molecule has 0 fully saturated rings. The summed E-state index contributed by atoms with van der Waals surface area (Å²) < 4.78 is 30.6. The van der Waals surface area contributed by atoms with Crippen LogP contribution in [0.1, 0.15) is 6.92 Å². The maximum atomic E-state index is 14.2. The van der Waals surface area contributed by atoms with E-state index in [1.54, 1.807) is 18.2 Å². The Labute approximate surface area is 161 Å². The number of rotatable bonds is 6. The number of hydrogen-bond acceptors (Lipinski definition) is 7. The van der Waals surface area contributed by atoms with Crippen LogP contribution in [0.3, 0.4) is 0 Å². The molecule has 0 radical (unpaired) electrons. The maximum Gasteiger partial charge on any atom is 0.229 e. The van der Waals surface area contributed by atoms with Gasteiger partial charge in [0.05, 0.1) is 12.8 Å². The van der Waals surface area contributed by atoms with Crippen LogP contribution in [0, 0.1) is 5.82 Å². The molecule has 144 valence electrons. The van der Waals surface area contributed by atoms with Crippen LogP contribution < -0.4 is 24.8 Å². The third kappa shape index (κ3) is 4.06. The van der Waals surface area contributed by atoms with E-state index in [2.05, 4.69) is 20.6 Å². The number of benzene rings is 2. The van der Waals surface area contributed by atoms with Crippen LogP contribution in [0.5, 0.6) is 17.2 Å². The summed E-state index contributed by atoms with van der Waals surface area (Å²) in [6.07, 6.45) is 1.12. The van der Waals surface area contributed by atoms with Crippen molar-refractivity contribution >= 4 is 23.1 Å². The van der Waals surface area contributed by atoms with Gasteiger partial charge >= 0.3 is 0 Å². The molecule has 2 N–H and O–H groups in total. The zero-order valence-corrected chi connectivity index (χ0v) is 15.2. The van der Waals surface area contributed by atoms with Gasteiger partial charge in [0, 0.05) is 17.4 Å². The SMILES string of the molecule is CCOc1ccc(Nc2ncc(F)c(Nc3ccc4c(c3)OCCO4)n2)cc1. The summed E-state index contributed by atoms with van der Waals surface area (Å²) in [5.74, 6) is 1.81. The van der Waals surface area contributed by atoms with E-state index in [9.17, 15) is 4.39 Å². The summed E-state index contributed by atoms with van der Waals surface area (Å²) in [5, 5.41) is 6.00. The molecule has 4 rings (SSSR count). The molecular formula is C20H19FN4O3. The van der Waals surface area contributed by atoms with Gasteiger partial charge in [-0.05, 0) is 43.3 Å². The lowest BCUT2D eigenvalue weighted by Gasteiger charge is -2.19. The third-order valence-corrected chi connectivity index (χ3v) is 3.97. The predicted molar refractivity (Wildman–Crippen MR) is 104 cm³/mol. The van der Waals surface area contributed by atoms with E-state index in [1.807, 2.05) is 31.2 Å². The minimum Gasteiger partial charge on any atom is -0.494 e. The molecule has 7 nitrogen and oxygen atoms in total. The number of nitrogens with zero attached hydrogens (tertiary/aromatic N) is 2. The van der Waals surface area contributed by atoms with E-state index in [0.29, 0.717) is 37.0 Å². The number of anilines is 4. The molecule has 0 saturated heterocycles. The van der Waals surface area contributed by atoms with Gasteiger partial charge in [0.25, 0.3) is 0 Å². The summed E-state index contributed by atoms with van der Waals surface area (Å²) in [5.41, 5.74) is 1.40. The molecule has 8 heteroatoms. The van der Waals surface area contributed by atoms with Crippen molar-refractivity contribution in [3.63, 3.8) is 0 Å². The van der Waals surface area contributed by atoms with Crippen LogP contribution in [0.2, 0.25) is 0 Å². The van der Waals surface area contributed by atoms with E-state index in [1.165, 1.54) is 0 Å². The fourth-order valence-corrected chi connectivity index (χ4v) is 2.70. The minimum atomic E-state index is -0.563. The number of ether oxygens (including phenoxy) is 3. The van der Waals surface area contributed by atoms with Gasteiger partial charge in [-0.15, -0.1) is 0 Å². The van der Waals surface area contributed by atoms with E-state index < -0.39 is 5.82 Å². The van der Waals surface area contributed by atoms with Crippen molar-refractivity contribution in [3.8, 4) is 17.2 Å². The van der Waals surface area contributed by atoms with Crippen molar-refractivity contribution in [2.24, 2.45) is 0 Å². The molecule has 0 aliphatic carbocycles. The smallest absolute Gasteiger partial charge is 0.229 e. The van der Waals surface area contributed by atoms with E-state index in [0.717, 1.165) is 17.6 Å². The van der Waals surface area contributed by atoms with Gasteiger partial charge < -0.3 is 24.8 Å². The number of hydrogen-bond donors (Lipinski definition) is 2.